The van der Waals surface area contributed by atoms with E-state index < -0.39 is 88.8 Å². The lowest BCUT2D eigenvalue weighted by Crippen LogP contribution is -2.46. The number of Topliss-reactive ketones (excluding diaryl/α,β-unsaturated/α-hetero) is 1. The van der Waals surface area contributed by atoms with Gasteiger partial charge in [0.2, 0.25) is 0 Å². The van der Waals surface area contributed by atoms with E-state index in [1.54, 1.807) is 39.8 Å². The number of aromatic hydroxyl groups is 3. The molecule has 15 nitrogen and oxygen atoms in total. The molecule has 1 amide bonds. The molecule has 15 heteroatoms. The smallest absolute Gasteiger partial charge is 0.312 e. The molecule has 3 aliphatic heterocycles. The lowest BCUT2D eigenvalue weighted by molar-refractivity contribution is -0.160. The first-order chi connectivity index (χ1) is 28.3. The van der Waals surface area contributed by atoms with E-state index in [2.05, 4.69) is 15.8 Å². The van der Waals surface area contributed by atoms with Gasteiger partial charge in [-0.05, 0) is 25.5 Å². The average molecular weight is 830 g/mol. The molecule has 3 aliphatic rings. The summed E-state index contributed by atoms with van der Waals surface area (Å²) in [5.41, 5.74) is 3.25. The number of aliphatic hydroxyl groups is 2. The summed E-state index contributed by atoms with van der Waals surface area (Å²) < 4.78 is 23.6. The number of phenolic OH excluding ortho intramolecular Hbond substituents is 3. The maximum atomic E-state index is 14.4. The normalized spacial score (nSPS) is 27.8. The predicted octanol–water partition coefficient (Wildman–Crippen LogP) is 5.88. The van der Waals surface area contributed by atoms with Gasteiger partial charge < -0.3 is 55.2 Å². The van der Waals surface area contributed by atoms with E-state index in [1.807, 2.05) is 30.3 Å². The zero-order chi connectivity index (χ0) is 44.2. The maximum absolute atomic E-state index is 14.4. The number of nitrogens with zero attached hydrogens (tertiary/aromatic N) is 1. The Morgan fingerprint density at radius 3 is 2.28 bits per heavy atom. The van der Waals surface area contributed by atoms with Crippen molar-refractivity contribution in [1.29, 1.82) is 0 Å². The molecule has 0 saturated carbocycles. The van der Waals surface area contributed by atoms with Crippen LogP contribution in [0.15, 0.2) is 71.6 Å². The van der Waals surface area contributed by atoms with Crippen LogP contribution in [-0.4, -0.2) is 86.7 Å². The highest BCUT2D eigenvalue weighted by atomic mass is 16.7. The number of nitrogens with one attached hydrogen (secondary N) is 2. The van der Waals surface area contributed by atoms with E-state index in [9.17, 15) is 39.9 Å². The summed E-state index contributed by atoms with van der Waals surface area (Å²) in [7, 11) is 1.43. The van der Waals surface area contributed by atoms with Gasteiger partial charge in [0.25, 0.3) is 11.7 Å². The zero-order valence-corrected chi connectivity index (χ0v) is 35.2. The molecule has 0 fully saturated rings. The van der Waals surface area contributed by atoms with Crippen LogP contribution < -0.4 is 15.5 Å². The van der Waals surface area contributed by atoms with Crippen LogP contribution in [0.2, 0.25) is 0 Å². The van der Waals surface area contributed by atoms with Gasteiger partial charge in [0.1, 0.15) is 23.4 Å². The molecule has 0 aromatic heterocycles. The number of carbonyl (C=O) groups excluding carboxylic acids is 3. The van der Waals surface area contributed by atoms with Gasteiger partial charge in [-0.3, -0.25) is 14.4 Å². The summed E-state index contributed by atoms with van der Waals surface area (Å²) in [6.45, 7) is 12.7. The van der Waals surface area contributed by atoms with Gasteiger partial charge in [-0.2, -0.15) is 5.10 Å². The van der Waals surface area contributed by atoms with Crippen molar-refractivity contribution in [3.63, 3.8) is 0 Å². The molecule has 5 bridgehead atoms. The fourth-order valence-electron chi connectivity index (χ4n) is 7.72. The number of hydrogen-bond donors (Lipinski definition) is 7. The first-order valence-corrected chi connectivity index (χ1v) is 19.7. The van der Waals surface area contributed by atoms with Crippen molar-refractivity contribution in [2.75, 3.05) is 12.4 Å². The molecule has 0 saturated heterocycles. The minimum absolute atomic E-state index is 0.0394. The predicted molar refractivity (Wildman–Crippen MR) is 225 cm³/mol. The van der Waals surface area contributed by atoms with Gasteiger partial charge in [-0.15, -0.1) is 0 Å². The number of ether oxygens (including phenoxy) is 4. The number of hydrogen-bond acceptors (Lipinski definition) is 14. The van der Waals surface area contributed by atoms with E-state index in [4.69, 9.17) is 18.9 Å². The first kappa shape index (κ1) is 45.2. The van der Waals surface area contributed by atoms with Crippen molar-refractivity contribution in [2.45, 2.75) is 92.1 Å². The Bertz CT molecular complexity index is 2240. The molecule has 322 valence electrons. The first-order valence-electron chi connectivity index (χ1n) is 19.7. The van der Waals surface area contributed by atoms with Crippen LogP contribution in [0.25, 0.3) is 10.8 Å². The van der Waals surface area contributed by atoms with Gasteiger partial charge in [-0.1, -0.05) is 76.3 Å². The summed E-state index contributed by atoms with van der Waals surface area (Å²) in [5, 5.41) is 64.6. The fraction of sp³-hybridized carbons (Fsp3) is 0.422. The Kier molecular flexibility index (Phi) is 14.0. The number of esters is 1. The standard InChI is InChI=1S/C45H55N3O12/c1-22-14-13-15-23(2)44(56)48-35-30(21-47-46-20-29-16-11-10-12-17-29)39(53)32-33(40(35)54)38(52)27(6)42-34(32)43(55)45(8,60-42)58-19-18-31(57-9)24(3)41(59-28(7)49)26(5)37(51)25(4)36(22)50/h10-19,21-22,24-26,31,36-37,41,46,50-54H,20H2,1-9H3,(H,48,56)/b14-13?,19-18?,23-15?,47-21+. The largest absolute Gasteiger partial charge is 0.507 e. The molecule has 3 aromatic rings. The number of hydrazone groups is 1. The van der Waals surface area contributed by atoms with E-state index >= 15 is 0 Å². The third kappa shape index (κ3) is 8.98. The van der Waals surface area contributed by atoms with E-state index in [1.165, 1.54) is 59.4 Å². The number of aliphatic hydroxyl groups excluding tert-OH is 2. The van der Waals surface area contributed by atoms with Gasteiger partial charge in [0.15, 0.2) is 5.75 Å². The van der Waals surface area contributed by atoms with E-state index in [0.29, 0.717) is 0 Å². The highest BCUT2D eigenvalue weighted by molar-refractivity contribution is 6.23. The van der Waals surface area contributed by atoms with E-state index in [-0.39, 0.29) is 51.0 Å². The van der Waals surface area contributed by atoms with Gasteiger partial charge in [0, 0.05) is 61.2 Å². The number of benzene rings is 3. The molecule has 6 rings (SSSR count). The van der Waals surface area contributed by atoms with Crippen LogP contribution in [0, 0.1) is 30.6 Å². The third-order valence-corrected chi connectivity index (χ3v) is 11.4. The molecule has 3 heterocycles. The second-order valence-corrected chi connectivity index (χ2v) is 15.7. The number of allylic oxidation sites excluding steroid dienone is 2. The van der Waals surface area contributed by atoms with Crippen molar-refractivity contribution in [3.8, 4) is 23.0 Å². The minimum Gasteiger partial charge on any atom is -0.507 e. The molecular weight excluding hydrogens is 775 g/mol. The quantitative estimate of drug-likeness (QED) is 0.0508. The topological polar surface area (TPSA) is 226 Å². The number of amides is 1. The van der Waals surface area contributed by atoms with Crippen molar-refractivity contribution in [1.82, 2.24) is 5.43 Å². The summed E-state index contributed by atoms with van der Waals surface area (Å²) in [4.78, 5) is 40.5. The number of ketones is 1. The lowest BCUT2D eigenvalue weighted by Gasteiger charge is -2.38. The summed E-state index contributed by atoms with van der Waals surface area (Å²) in [6.07, 6.45) is 4.65. The van der Waals surface area contributed by atoms with E-state index in [0.717, 1.165) is 5.56 Å². The number of carbonyl (C=O) groups is 3. The molecule has 0 aliphatic carbocycles. The molecule has 0 spiro atoms. The molecule has 9 unspecified atom stereocenters. The number of methoxy groups -OCH3 is 1. The number of rotatable bonds is 6. The van der Waals surface area contributed by atoms with Crippen molar-refractivity contribution >= 4 is 40.3 Å². The summed E-state index contributed by atoms with van der Waals surface area (Å²) >= 11 is 0. The Morgan fingerprint density at radius 1 is 0.950 bits per heavy atom. The highest BCUT2D eigenvalue weighted by Crippen LogP contribution is 2.55. The average Bonchev–Trinajstić information content (AvgIpc) is 3.48. The Labute approximate surface area is 349 Å². The lowest BCUT2D eigenvalue weighted by atomic mass is 9.78. The number of fused-ring (bicyclic) bond motifs is 14. The molecule has 3 aromatic carbocycles. The molecule has 9 atom stereocenters. The Balaban J connectivity index is 1.69. The molecule has 7 N–H and O–H groups in total. The summed E-state index contributed by atoms with van der Waals surface area (Å²) in [5.74, 6) is -8.56. The van der Waals surface area contributed by atoms with Gasteiger partial charge in [-0.25, -0.2) is 0 Å². The second-order valence-electron chi connectivity index (χ2n) is 15.7. The third-order valence-electron chi connectivity index (χ3n) is 11.4. The number of anilines is 1. The molecule has 60 heavy (non-hydrogen) atoms. The fourth-order valence-corrected chi connectivity index (χ4v) is 7.72. The Hall–Kier alpha value is -5.90. The van der Waals surface area contributed by atoms with Crippen molar-refractivity contribution < 1.29 is 58.9 Å². The van der Waals surface area contributed by atoms with Crippen LogP contribution >= 0.6 is 0 Å². The monoisotopic (exact) mass is 829 g/mol. The van der Waals surface area contributed by atoms with Crippen molar-refractivity contribution in [2.24, 2.45) is 28.8 Å². The maximum Gasteiger partial charge on any atom is 0.312 e. The zero-order valence-electron chi connectivity index (χ0n) is 35.2. The summed E-state index contributed by atoms with van der Waals surface area (Å²) in [6, 6.07) is 9.34. The molecule has 0 radical (unpaired) electrons. The number of phenols is 3. The van der Waals surface area contributed by atoms with Crippen LogP contribution in [0.1, 0.15) is 75.5 Å². The van der Waals surface area contributed by atoms with Crippen LogP contribution in [-0.2, 0) is 30.3 Å². The minimum atomic E-state index is -2.06. The van der Waals surface area contributed by atoms with Crippen LogP contribution in [0.5, 0.6) is 23.0 Å². The Morgan fingerprint density at radius 2 is 1.63 bits per heavy atom. The highest BCUT2D eigenvalue weighted by Gasteiger charge is 2.50. The van der Waals surface area contributed by atoms with Crippen molar-refractivity contribution in [3.05, 3.63) is 88.7 Å². The van der Waals surface area contributed by atoms with Crippen LogP contribution in [0.4, 0.5) is 5.69 Å². The van der Waals surface area contributed by atoms with Gasteiger partial charge >= 0.3 is 11.8 Å². The van der Waals surface area contributed by atoms with Crippen LogP contribution in [0.3, 0.4) is 0 Å². The van der Waals surface area contributed by atoms with Gasteiger partial charge in [0.05, 0.1) is 59.5 Å². The SMILES string of the molecule is COC1C=COC2(C)Oc3c(C)c(O)c4c(O)c(c(/C=N/NCc5ccccc5)c(O)c4c3C2=O)NC(=O)C(C)=CC=CC(C)C(O)C(C)C(O)C(C)C(OC(C)=O)C1C. The second kappa shape index (κ2) is 18.6. The molecular formula is C45H55N3O12.